The first-order valence-electron chi connectivity index (χ1n) is 8.80. The quantitative estimate of drug-likeness (QED) is 0.777. The number of hydrogen-bond donors (Lipinski definition) is 1. The molecule has 0 spiro atoms. The van der Waals surface area contributed by atoms with Crippen LogP contribution in [0.3, 0.4) is 0 Å². The third-order valence-electron chi connectivity index (χ3n) is 6.83. The third-order valence-corrected chi connectivity index (χ3v) is 6.83. The van der Waals surface area contributed by atoms with E-state index in [0.717, 1.165) is 29.8 Å². The van der Waals surface area contributed by atoms with Crippen molar-refractivity contribution in [2.75, 3.05) is 27.6 Å². The van der Waals surface area contributed by atoms with Crippen LogP contribution in [0.2, 0.25) is 0 Å². The summed E-state index contributed by atoms with van der Waals surface area (Å²) in [7, 11) is 3.40. The van der Waals surface area contributed by atoms with Crippen molar-refractivity contribution in [1.82, 2.24) is 4.90 Å². The molecule has 0 radical (unpaired) electrons. The monoisotopic (exact) mass is 347 g/mol. The molecular formula is C18H21NO6. The zero-order valence-corrected chi connectivity index (χ0v) is 14.2. The molecule has 1 N–H and O–H groups in total. The van der Waals surface area contributed by atoms with Gasteiger partial charge < -0.3 is 28.8 Å². The van der Waals surface area contributed by atoms with Crippen LogP contribution in [0.1, 0.15) is 17.5 Å². The smallest absolute Gasteiger partial charge is 0.231 e. The van der Waals surface area contributed by atoms with Crippen molar-refractivity contribution in [2.24, 2.45) is 0 Å². The number of benzene rings is 1. The summed E-state index contributed by atoms with van der Waals surface area (Å²) >= 11 is 0. The van der Waals surface area contributed by atoms with Crippen molar-refractivity contribution in [3.05, 3.63) is 17.2 Å². The number of aliphatic hydroxyl groups is 1. The number of hydrogen-bond acceptors (Lipinski definition) is 7. The predicted molar refractivity (Wildman–Crippen MR) is 85.1 cm³/mol. The molecule has 2 saturated heterocycles. The Kier molecular flexibility index (Phi) is 2.68. The van der Waals surface area contributed by atoms with Gasteiger partial charge in [-0.05, 0) is 18.1 Å². The van der Waals surface area contributed by atoms with Gasteiger partial charge in [0.25, 0.3) is 0 Å². The molecule has 0 amide bonds. The third kappa shape index (κ3) is 1.53. The summed E-state index contributed by atoms with van der Waals surface area (Å²) in [6.07, 6.45) is 0.508. The summed E-state index contributed by atoms with van der Waals surface area (Å²) in [5.41, 5.74) is 1.74. The van der Waals surface area contributed by atoms with Gasteiger partial charge >= 0.3 is 0 Å². The van der Waals surface area contributed by atoms with E-state index in [1.165, 1.54) is 0 Å². The topological polar surface area (TPSA) is 72.9 Å². The largest absolute Gasteiger partial charge is 0.492 e. The van der Waals surface area contributed by atoms with Crippen molar-refractivity contribution >= 4 is 0 Å². The minimum absolute atomic E-state index is 0.0275. The first kappa shape index (κ1) is 14.6. The van der Waals surface area contributed by atoms with E-state index in [9.17, 15) is 5.11 Å². The summed E-state index contributed by atoms with van der Waals surface area (Å²) in [6, 6.07) is 2.25. The van der Waals surface area contributed by atoms with Gasteiger partial charge in [-0.15, -0.1) is 0 Å². The van der Waals surface area contributed by atoms with Crippen LogP contribution in [-0.2, 0) is 21.4 Å². The van der Waals surface area contributed by atoms with Crippen molar-refractivity contribution in [2.45, 2.75) is 48.8 Å². The van der Waals surface area contributed by atoms with Gasteiger partial charge in [0.15, 0.2) is 11.5 Å². The molecule has 1 aromatic rings. The van der Waals surface area contributed by atoms with E-state index in [2.05, 4.69) is 4.90 Å². The second-order valence-corrected chi connectivity index (χ2v) is 7.59. The molecule has 1 saturated carbocycles. The van der Waals surface area contributed by atoms with Crippen molar-refractivity contribution < 1.29 is 28.8 Å². The van der Waals surface area contributed by atoms with Gasteiger partial charge in [-0.25, -0.2) is 0 Å². The first-order chi connectivity index (χ1) is 12.2. The van der Waals surface area contributed by atoms with Crippen LogP contribution in [0, 0.1) is 0 Å². The van der Waals surface area contributed by atoms with Crippen molar-refractivity contribution in [3.63, 3.8) is 0 Å². The molecule has 1 unspecified atom stereocenters. The Bertz CT molecular complexity index is 768. The lowest BCUT2D eigenvalue weighted by molar-refractivity contribution is 0.0134. The van der Waals surface area contributed by atoms with Crippen LogP contribution >= 0.6 is 0 Å². The van der Waals surface area contributed by atoms with Crippen LogP contribution in [0.25, 0.3) is 0 Å². The average molecular weight is 347 g/mol. The Balaban J connectivity index is 1.60. The minimum atomic E-state index is -0.475. The molecule has 25 heavy (non-hydrogen) atoms. The van der Waals surface area contributed by atoms with E-state index in [1.807, 2.05) is 6.07 Å². The zero-order valence-electron chi connectivity index (χ0n) is 14.2. The number of methoxy groups -OCH3 is 2. The Morgan fingerprint density at radius 3 is 3.00 bits per heavy atom. The predicted octanol–water partition coefficient (Wildman–Crippen LogP) is 0.406. The highest BCUT2D eigenvalue weighted by atomic mass is 16.7. The first-order valence-corrected chi connectivity index (χ1v) is 8.80. The fraction of sp³-hybridized carbons (Fsp3) is 0.667. The van der Waals surface area contributed by atoms with Gasteiger partial charge in [0, 0.05) is 31.8 Å². The molecule has 7 nitrogen and oxygen atoms in total. The van der Waals surface area contributed by atoms with Gasteiger partial charge in [0.1, 0.15) is 12.2 Å². The van der Waals surface area contributed by atoms with Crippen LogP contribution < -0.4 is 14.2 Å². The second-order valence-electron chi connectivity index (χ2n) is 7.59. The highest BCUT2D eigenvalue weighted by molar-refractivity contribution is 5.64. The van der Waals surface area contributed by atoms with Gasteiger partial charge in [0.2, 0.25) is 12.5 Å². The van der Waals surface area contributed by atoms with Crippen molar-refractivity contribution in [3.8, 4) is 17.2 Å². The van der Waals surface area contributed by atoms with Crippen molar-refractivity contribution in [1.29, 1.82) is 0 Å². The Labute approximate surface area is 145 Å². The molecule has 4 heterocycles. The summed E-state index contributed by atoms with van der Waals surface area (Å²) in [5.74, 6) is 2.10. The van der Waals surface area contributed by atoms with E-state index < -0.39 is 11.5 Å². The number of rotatable bonds is 2. The molecule has 2 bridgehead atoms. The fourth-order valence-corrected chi connectivity index (χ4v) is 5.82. The number of epoxide rings is 1. The van der Waals surface area contributed by atoms with Crippen LogP contribution in [-0.4, -0.2) is 68.0 Å². The molecule has 1 aromatic carbocycles. The lowest BCUT2D eigenvalue weighted by Gasteiger charge is -2.47. The van der Waals surface area contributed by atoms with E-state index in [-0.39, 0.29) is 31.1 Å². The Morgan fingerprint density at radius 1 is 1.32 bits per heavy atom. The van der Waals surface area contributed by atoms with E-state index in [0.29, 0.717) is 18.0 Å². The Morgan fingerprint density at radius 2 is 2.20 bits per heavy atom. The van der Waals surface area contributed by atoms with Gasteiger partial charge in [-0.3, -0.25) is 4.90 Å². The number of aliphatic hydroxyl groups excluding tert-OH is 1. The molecule has 5 aliphatic rings. The highest BCUT2D eigenvalue weighted by Crippen LogP contribution is 2.63. The normalized spacial score (nSPS) is 44.8. The number of nitrogens with zero attached hydrogens (tertiary/aromatic N) is 1. The summed E-state index contributed by atoms with van der Waals surface area (Å²) in [4.78, 5) is 2.35. The maximum absolute atomic E-state index is 11.1. The second kappa shape index (κ2) is 4.59. The fourth-order valence-electron chi connectivity index (χ4n) is 5.82. The minimum Gasteiger partial charge on any atom is -0.492 e. The van der Waals surface area contributed by atoms with Gasteiger partial charge in [-0.1, -0.05) is 0 Å². The standard InChI is InChI=1S/C18H21NO6/c1-21-10-4-12-18(17-16(10)25-17)9-3-11-15(24-7-23-11)14(22-2)8(9)5-19(12)6-13(18)20/h3,10,12-13,16-17,20H,4-7H2,1-2H3/t10-,12-,13-,16+,17+,18+/m1/s1. The molecule has 6 rings (SSSR count). The van der Waals surface area contributed by atoms with Gasteiger partial charge in [0.05, 0.1) is 24.7 Å². The lowest BCUT2D eigenvalue weighted by Crippen LogP contribution is -2.59. The van der Waals surface area contributed by atoms with Crippen LogP contribution in [0.5, 0.6) is 17.2 Å². The lowest BCUT2D eigenvalue weighted by atomic mass is 9.61. The molecule has 7 atom stereocenters. The molecule has 0 aromatic heterocycles. The molecule has 4 aliphatic heterocycles. The van der Waals surface area contributed by atoms with E-state index >= 15 is 0 Å². The van der Waals surface area contributed by atoms with E-state index in [1.54, 1.807) is 14.2 Å². The summed E-state index contributed by atoms with van der Waals surface area (Å²) < 4.78 is 28.7. The average Bonchev–Trinajstić information content (AvgIpc) is 3.24. The van der Waals surface area contributed by atoms with Crippen LogP contribution in [0.15, 0.2) is 6.07 Å². The zero-order chi connectivity index (χ0) is 16.9. The maximum atomic E-state index is 11.1. The highest BCUT2D eigenvalue weighted by Gasteiger charge is 2.74. The summed E-state index contributed by atoms with van der Waals surface area (Å²) in [5, 5.41) is 11.1. The molecule has 3 fully saturated rings. The summed E-state index contributed by atoms with van der Waals surface area (Å²) in [6.45, 7) is 1.57. The molecular weight excluding hydrogens is 326 g/mol. The van der Waals surface area contributed by atoms with Crippen LogP contribution in [0.4, 0.5) is 0 Å². The SMILES string of the molecule is COc1c2c(cc3c1OCO3)[C@@]13[C@H](O)CN(C2)[C@@H]1C[C@@H](OC)[C@@H]1O[C@@H]13. The molecule has 1 aliphatic carbocycles. The maximum Gasteiger partial charge on any atom is 0.231 e. The number of fused-ring (bicyclic) bond motifs is 3. The van der Waals surface area contributed by atoms with Gasteiger partial charge in [-0.2, -0.15) is 0 Å². The Hall–Kier alpha value is -1.54. The molecule has 134 valence electrons. The number of ether oxygens (including phenoxy) is 5. The van der Waals surface area contributed by atoms with E-state index in [4.69, 9.17) is 23.7 Å². The molecule has 7 heteroatoms.